The van der Waals surface area contributed by atoms with Gasteiger partial charge in [0.2, 0.25) is 6.79 Å². The van der Waals surface area contributed by atoms with Gasteiger partial charge in [-0.25, -0.2) is 29.1 Å². The number of aromatic nitrogens is 5. The Morgan fingerprint density at radius 3 is 2.73 bits per heavy atom. The van der Waals surface area contributed by atoms with E-state index in [-0.39, 0.29) is 34.3 Å². The fraction of sp³-hybridized carbons (Fsp3) is 0.385. The number of carbonyl (C=O) groups is 2. The van der Waals surface area contributed by atoms with Crippen LogP contribution < -0.4 is 5.32 Å². The summed E-state index contributed by atoms with van der Waals surface area (Å²) in [6.45, 7) is -0.565. The van der Waals surface area contributed by atoms with E-state index in [0.29, 0.717) is 21.6 Å². The lowest BCUT2D eigenvalue weighted by Crippen LogP contribution is -2.52. The lowest BCUT2D eigenvalue weighted by molar-refractivity contribution is -0.164. The van der Waals surface area contributed by atoms with Crippen molar-refractivity contribution in [3.8, 4) is 22.0 Å². The number of esters is 1. The fourth-order valence-corrected chi connectivity index (χ4v) is 6.57. The molecule has 7 rings (SSSR count). The highest BCUT2D eigenvalue weighted by Crippen LogP contribution is 2.47. The Morgan fingerprint density at radius 2 is 1.98 bits per heavy atom. The van der Waals surface area contributed by atoms with Gasteiger partial charge in [-0.1, -0.05) is 17.7 Å². The van der Waals surface area contributed by atoms with Crippen molar-refractivity contribution >= 4 is 52.0 Å². The van der Waals surface area contributed by atoms with Gasteiger partial charge in [0.15, 0.2) is 23.1 Å². The van der Waals surface area contributed by atoms with E-state index < -0.39 is 36.7 Å². The van der Waals surface area contributed by atoms with E-state index in [0.717, 1.165) is 32.8 Å². The van der Waals surface area contributed by atoms with E-state index in [1.807, 2.05) is 11.4 Å². The summed E-state index contributed by atoms with van der Waals surface area (Å²) in [4.78, 5) is 45.8. The van der Waals surface area contributed by atoms with Crippen LogP contribution in [0.4, 0.5) is 15.0 Å². The average molecular weight is 587 g/mol. The zero-order valence-electron chi connectivity index (χ0n) is 21.2. The smallest absolute Gasteiger partial charge is 0.438 e. The number of fused-ring (bicyclic) bond motifs is 4. The number of H-pyrrole nitrogens is 1. The minimum Gasteiger partial charge on any atom is -0.438 e. The van der Waals surface area contributed by atoms with Crippen molar-refractivity contribution in [2.75, 3.05) is 19.2 Å². The highest BCUT2D eigenvalue weighted by molar-refractivity contribution is 7.13. The second-order valence-corrected chi connectivity index (χ2v) is 11.0. The summed E-state index contributed by atoms with van der Waals surface area (Å²) in [6, 6.07) is 3.15. The number of ether oxygens (including phenoxy) is 3. The van der Waals surface area contributed by atoms with Gasteiger partial charge in [0, 0.05) is 12.2 Å². The van der Waals surface area contributed by atoms with Gasteiger partial charge in [-0.2, -0.15) is 0 Å². The molecular formula is C26H24ClFN6O5S. The van der Waals surface area contributed by atoms with Crippen LogP contribution in [0.2, 0.25) is 5.15 Å². The van der Waals surface area contributed by atoms with Crippen LogP contribution in [0.15, 0.2) is 29.9 Å². The third-order valence-corrected chi connectivity index (χ3v) is 8.60. The molecule has 11 nitrogen and oxygen atoms in total. The summed E-state index contributed by atoms with van der Waals surface area (Å²) < 4.78 is 30.5. The second kappa shape index (κ2) is 11.0. The average Bonchev–Trinajstić information content (AvgIpc) is 3.65. The Balaban J connectivity index is 1.37. The number of anilines is 1. The molecule has 0 amide bonds. The molecule has 0 spiro atoms. The number of carbonyl (C=O) groups excluding carboxylic acids is 2. The van der Waals surface area contributed by atoms with Crippen LogP contribution >= 0.6 is 22.9 Å². The zero-order valence-corrected chi connectivity index (χ0v) is 22.8. The van der Waals surface area contributed by atoms with E-state index in [2.05, 4.69) is 35.0 Å². The highest BCUT2D eigenvalue weighted by atomic mass is 35.5. The molecule has 3 aliphatic rings. The molecule has 4 aromatic rings. The van der Waals surface area contributed by atoms with Crippen LogP contribution in [-0.2, 0) is 19.0 Å². The van der Waals surface area contributed by atoms with Gasteiger partial charge in [0.1, 0.15) is 16.4 Å². The Morgan fingerprint density at radius 1 is 1.18 bits per heavy atom. The molecule has 3 aliphatic carbocycles. The molecule has 0 saturated heterocycles. The molecule has 3 fully saturated rings. The van der Waals surface area contributed by atoms with Crippen molar-refractivity contribution in [1.29, 1.82) is 0 Å². The van der Waals surface area contributed by atoms with Crippen LogP contribution in [0.3, 0.4) is 0 Å². The Kier molecular flexibility index (Phi) is 7.24. The maximum absolute atomic E-state index is 16.1. The number of methoxy groups -OCH3 is 1. The first-order chi connectivity index (χ1) is 19.4. The fourth-order valence-electron chi connectivity index (χ4n) is 5.73. The molecule has 2 N–H and O–H groups in total. The molecule has 0 radical (unpaired) electrons. The maximum Gasteiger partial charge on any atom is 0.510 e. The van der Waals surface area contributed by atoms with Crippen LogP contribution in [0.1, 0.15) is 25.7 Å². The largest absolute Gasteiger partial charge is 0.510 e. The van der Waals surface area contributed by atoms with Crippen molar-refractivity contribution in [2.45, 2.75) is 31.7 Å². The predicted molar refractivity (Wildman–Crippen MR) is 144 cm³/mol. The van der Waals surface area contributed by atoms with E-state index >= 15 is 4.39 Å². The highest BCUT2D eigenvalue weighted by Gasteiger charge is 2.48. The monoisotopic (exact) mass is 586 g/mol. The van der Waals surface area contributed by atoms with Gasteiger partial charge in [0.25, 0.3) is 0 Å². The van der Waals surface area contributed by atoms with Gasteiger partial charge in [-0.05, 0) is 49.0 Å². The van der Waals surface area contributed by atoms with Crippen molar-refractivity contribution < 1.29 is 28.2 Å². The quantitative estimate of drug-likeness (QED) is 0.212. The first-order valence-corrected chi connectivity index (χ1v) is 13.9. The summed E-state index contributed by atoms with van der Waals surface area (Å²) in [6.07, 6.45) is 5.61. The molecule has 2 atom stereocenters. The van der Waals surface area contributed by atoms with Crippen LogP contribution in [0, 0.1) is 23.6 Å². The van der Waals surface area contributed by atoms with Gasteiger partial charge in [-0.3, -0.25) is 4.79 Å². The van der Waals surface area contributed by atoms with E-state index in [1.54, 1.807) is 12.3 Å². The Bertz CT molecular complexity index is 1560. The summed E-state index contributed by atoms with van der Waals surface area (Å²) in [5, 5.41) is 5.29. The van der Waals surface area contributed by atoms with Crippen molar-refractivity contribution in [3.05, 3.63) is 40.9 Å². The molecule has 0 aromatic carbocycles. The molecular weight excluding hydrogens is 563 g/mol. The Hall–Kier alpha value is -3.84. The number of hydrogen-bond donors (Lipinski definition) is 2. The number of nitrogens with zero attached hydrogens (tertiary/aromatic N) is 4. The molecule has 3 saturated carbocycles. The maximum atomic E-state index is 16.1. The molecule has 4 heterocycles. The number of rotatable bonds is 7. The van der Waals surface area contributed by atoms with E-state index in [4.69, 9.17) is 21.1 Å². The number of thiophene rings is 1. The molecule has 2 bridgehead atoms. The number of hydrogen-bond acceptors (Lipinski definition) is 11. The molecule has 0 unspecified atom stereocenters. The lowest BCUT2D eigenvalue weighted by Gasteiger charge is -2.47. The molecule has 0 aliphatic heterocycles. The zero-order chi connectivity index (χ0) is 27.8. The van der Waals surface area contributed by atoms with Crippen molar-refractivity contribution in [1.82, 2.24) is 24.9 Å². The van der Waals surface area contributed by atoms with Crippen LogP contribution in [0.5, 0.6) is 0 Å². The van der Waals surface area contributed by atoms with Crippen LogP contribution in [-0.4, -0.2) is 57.0 Å². The molecule has 4 aromatic heterocycles. The van der Waals surface area contributed by atoms with Gasteiger partial charge in [-0.15, -0.1) is 11.3 Å². The first kappa shape index (κ1) is 26.4. The standard InChI is InChI=1S/C26H24ClFN6O5S/c1-37-26(36)39-11-38-25(35)17-12-4-6-13(7-5-12)19(17)32-23-18(28)21(15-3-2-8-40-15)33-22(34-23)14-9-29-24-20(14)31-16(27)10-30-24/h2-3,8-10,12-13,17,19H,4-7,11H2,1H3,(H,29,30)(H,32,33,34)/t12?,13?,17-,19-/m0/s1. The van der Waals surface area contributed by atoms with Crippen molar-refractivity contribution in [3.63, 3.8) is 0 Å². The Labute approximate surface area is 236 Å². The minimum atomic E-state index is -0.951. The topological polar surface area (TPSA) is 141 Å². The number of aromatic amines is 1. The summed E-state index contributed by atoms with van der Waals surface area (Å²) >= 11 is 7.45. The third-order valence-electron chi connectivity index (χ3n) is 7.54. The second-order valence-electron chi connectivity index (χ2n) is 9.68. The van der Waals surface area contributed by atoms with Crippen LogP contribution in [0.25, 0.3) is 33.1 Å². The molecule has 14 heteroatoms. The SMILES string of the molecule is COC(=O)OCOC(=O)[C@H]1C2CCC(CC2)[C@@H]1Nc1nc(-c2c[nH]c3ncc(Cl)nc23)nc(-c2cccs2)c1F. The molecule has 40 heavy (non-hydrogen) atoms. The number of halogens is 2. The normalized spacial score (nSPS) is 21.8. The summed E-state index contributed by atoms with van der Waals surface area (Å²) in [5.41, 5.74) is 1.57. The number of nitrogens with one attached hydrogen (secondary N) is 2. The summed E-state index contributed by atoms with van der Waals surface area (Å²) in [5.74, 6) is -1.39. The van der Waals surface area contributed by atoms with Crippen molar-refractivity contribution in [2.24, 2.45) is 17.8 Å². The van der Waals surface area contributed by atoms with E-state index in [9.17, 15) is 9.59 Å². The van der Waals surface area contributed by atoms with Gasteiger partial charge >= 0.3 is 12.1 Å². The first-order valence-electron chi connectivity index (χ1n) is 12.7. The van der Waals surface area contributed by atoms with Gasteiger partial charge in [0.05, 0.1) is 29.7 Å². The minimum absolute atomic E-state index is 0.0288. The third kappa shape index (κ3) is 4.94. The van der Waals surface area contributed by atoms with E-state index in [1.165, 1.54) is 17.5 Å². The predicted octanol–water partition coefficient (Wildman–Crippen LogP) is 5.44. The molecule has 208 valence electrons. The van der Waals surface area contributed by atoms with Gasteiger partial charge < -0.3 is 24.5 Å². The lowest BCUT2D eigenvalue weighted by atomic mass is 9.61. The summed E-state index contributed by atoms with van der Waals surface area (Å²) in [7, 11) is 1.16.